The van der Waals surface area contributed by atoms with Crippen molar-refractivity contribution in [3.05, 3.63) is 12.2 Å². The Morgan fingerprint density at radius 1 is 1.11 bits per heavy atom. The first-order valence-corrected chi connectivity index (χ1v) is 11.5. The minimum atomic E-state index is -0.717. The standard InChI is InChI=1S/C22H35NO4S/c24-21(25)11-7-2-1-6-10-17-18(20-13-12-19(17)27-20)14-15-26-22(28)23-16-8-4-3-5-9-16/h1,6,16-20H,2-5,7-15H2,(H,23,28)(H,24,25)/t17-,18+,19-,20+/m1/s1. The van der Waals surface area contributed by atoms with Gasteiger partial charge in [-0.2, -0.15) is 0 Å². The number of carbonyl (C=O) groups is 1. The zero-order valence-corrected chi connectivity index (χ0v) is 17.6. The molecule has 0 spiro atoms. The number of carboxylic acids is 1. The summed E-state index contributed by atoms with van der Waals surface area (Å²) >= 11 is 5.38. The molecule has 0 aromatic carbocycles. The molecule has 1 saturated carbocycles. The third kappa shape index (κ3) is 6.45. The van der Waals surface area contributed by atoms with E-state index in [1.165, 1.54) is 44.9 Å². The number of nitrogens with one attached hydrogen (secondary N) is 1. The zero-order valence-electron chi connectivity index (χ0n) is 16.8. The molecule has 2 bridgehead atoms. The Morgan fingerprint density at radius 2 is 1.86 bits per heavy atom. The summed E-state index contributed by atoms with van der Waals surface area (Å²) in [6.45, 7) is 0.661. The van der Waals surface area contributed by atoms with Gasteiger partial charge in [-0.25, -0.2) is 0 Å². The average molecular weight is 410 g/mol. The number of carboxylic acid groups (broad SMARTS) is 1. The van der Waals surface area contributed by atoms with E-state index < -0.39 is 5.97 Å². The summed E-state index contributed by atoms with van der Waals surface area (Å²) in [6, 6.07) is 0.492. The van der Waals surface area contributed by atoms with Gasteiger partial charge in [0.2, 0.25) is 0 Å². The summed E-state index contributed by atoms with van der Waals surface area (Å²) in [4.78, 5) is 10.6. The number of unbranched alkanes of at least 4 members (excludes halogenated alkanes) is 1. The van der Waals surface area contributed by atoms with Gasteiger partial charge >= 0.3 is 5.97 Å². The topological polar surface area (TPSA) is 67.8 Å². The number of aliphatic carboxylic acids is 1. The molecule has 0 unspecified atom stereocenters. The van der Waals surface area contributed by atoms with Crippen molar-refractivity contribution < 1.29 is 19.4 Å². The first kappa shape index (κ1) is 21.6. The van der Waals surface area contributed by atoms with Crippen LogP contribution in [0.25, 0.3) is 0 Å². The average Bonchev–Trinajstić information content (AvgIpc) is 3.27. The number of fused-ring (bicyclic) bond motifs is 2. The van der Waals surface area contributed by atoms with Crippen molar-refractivity contribution in [3.63, 3.8) is 0 Å². The fourth-order valence-electron chi connectivity index (χ4n) is 5.08. The molecule has 3 fully saturated rings. The van der Waals surface area contributed by atoms with Gasteiger partial charge in [0.25, 0.3) is 5.17 Å². The zero-order chi connectivity index (χ0) is 19.8. The van der Waals surface area contributed by atoms with Crippen molar-refractivity contribution >= 4 is 23.4 Å². The van der Waals surface area contributed by atoms with Crippen LogP contribution in [0.4, 0.5) is 0 Å². The van der Waals surface area contributed by atoms with E-state index in [4.69, 9.17) is 26.8 Å². The molecule has 0 amide bonds. The maximum absolute atomic E-state index is 10.6. The van der Waals surface area contributed by atoms with Gasteiger partial charge in [0.15, 0.2) is 0 Å². The van der Waals surface area contributed by atoms with E-state index in [9.17, 15) is 4.79 Å². The van der Waals surface area contributed by atoms with Crippen LogP contribution < -0.4 is 5.32 Å². The number of rotatable bonds is 10. The van der Waals surface area contributed by atoms with Crippen LogP contribution in [0.3, 0.4) is 0 Å². The molecule has 0 radical (unpaired) electrons. The molecule has 2 heterocycles. The van der Waals surface area contributed by atoms with Gasteiger partial charge in [-0.05, 0) is 75.4 Å². The molecule has 2 aliphatic heterocycles. The Kier molecular flexibility index (Phi) is 8.59. The summed E-state index contributed by atoms with van der Waals surface area (Å²) in [6.07, 6.45) is 17.6. The number of thiocarbonyl (C=S) groups is 1. The molecule has 5 nitrogen and oxygen atoms in total. The third-order valence-corrected chi connectivity index (χ3v) is 6.77. The van der Waals surface area contributed by atoms with Crippen LogP contribution in [0.15, 0.2) is 12.2 Å². The lowest BCUT2D eigenvalue weighted by Crippen LogP contribution is -2.37. The third-order valence-electron chi connectivity index (χ3n) is 6.54. The summed E-state index contributed by atoms with van der Waals surface area (Å²) in [5, 5.41) is 12.6. The Morgan fingerprint density at radius 3 is 2.61 bits per heavy atom. The number of hydrogen-bond donors (Lipinski definition) is 2. The van der Waals surface area contributed by atoms with Crippen LogP contribution in [0.2, 0.25) is 0 Å². The molecule has 158 valence electrons. The number of allylic oxidation sites excluding steroid dienone is 2. The maximum atomic E-state index is 10.6. The highest BCUT2D eigenvalue weighted by Gasteiger charge is 2.47. The van der Waals surface area contributed by atoms with Crippen LogP contribution >= 0.6 is 12.2 Å². The fourth-order valence-corrected chi connectivity index (χ4v) is 5.33. The van der Waals surface area contributed by atoms with Crippen LogP contribution in [-0.2, 0) is 14.3 Å². The normalized spacial score (nSPS) is 30.0. The lowest BCUT2D eigenvalue weighted by atomic mass is 9.76. The van der Waals surface area contributed by atoms with Gasteiger partial charge in [0.1, 0.15) is 0 Å². The minimum absolute atomic E-state index is 0.246. The van der Waals surface area contributed by atoms with E-state index >= 15 is 0 Å². The molecule has 3 aliphatic rings. The van der Waals surface area contributed by atoms with Crippen LogP contribution in [0.1, 0.15) is 77.0 Å². The number of ether oxygens (including phenoxy) is 2. The summed E-state index contributed by atoms with van der Waals surface area (Å²) < 4.78 is 12.0. The highest BCUT2D eigenvalue weighted by Crippen LogP contribution is 2.46. The van der Waals surface area contributed by atoms with Crippen molar-refractivity contribution in [2.24, 2.45) is 11.8 Å². The van der Waals surface area contributed by atoms with E-state index in [1.807, 2.05) is 0 Å². The van der Waals surface area contributed by atoms with Crippen molar-refractivity contribution in [1.29, 1.82) is 0 Å². The Hall–Kier alpha value is -1.14. The lowest BCUT2D eigenvalue weighted by Gasteiger charge is -2.28. The van der Waals surface area contributed by atoms with E-state index in [1.54, 1.807) is 0 Å². The summed E-state index contributed by atoms with van der Waals surface area (Å²) in [7, 11) is 0. The summed E-state index contributed by atoms with van der Waals surface area (Å²) in [5.41, 5.74) is 0. The first-order valence-electron chi connectivity index (χ1n) is 11.1. The van der Waals surface area contributed by atoms with E-state index in [0.717, 1.165) is 19.3 Å². The predicted octanol–water partition coefficient (Wildman–Crippen LogP) is 4.60. The molecular weight excluding hydrogens is 374 g/mol. The van der Waals surface area contributed by atoms with E-state index in [2.05, 4.69) is 17.5 Å². The predicted molar refractivity (Wildman–Crippen MR) is 113 cm³/mol. The smallest absolute Gasteiger partial charge is 0.303 e. The van der Waals surface area contributed by atoms with Crippen molar-refractivity contribution in [2.75, 3.05) is 6.61 Å². The van der Waals surface area contributed by atoms with Gasteiger partial charge in [0.05, 0.1) is 18.8 Å². The van der Waals surface area contributed by atoms with Crippen molar-refractivity contribution in [3.8, 4) is 0 Å². The second kappa shape index (κ2) is 11.1. The van der Waals surface area contributed by atoms with Gasteiger partial charge in [-0.15, -0.1) is 0 Å². The van der Waals surface area contributed by atoms with Crippen LogP contribution in [0.5, 0.6) is 0 Å². The Labute approximate surface area is 174 Å². The molecule has 6 heteroatoms. The second-order valence-electron chi connectivity index (χ2n) is 8.51. The number of hydrogen-bond acceptors (Lipinski definition) is 4. The van der Waals surface area contributed by atoms with E-state index in [-0.39, 0.29) is 6.42 Å². The molecule has 0 aromatic rings. The molecule has 3 rings (SSSR count). The molecule has 4 atom stereocenters. The van der Waals surface area contributed by atoms with Crippen LogP contribution in [-0.4, -0.2) is 41.1 Å². The van der Waals surface area contributed by atoms with Gasteiger partial charge in [-0.3, -0.25) is 4.79 Å². The highest BCUT2D eigenvalue weighted by atomic mass is 32.1. The van der Waals surface area contributed by atoms with Gasteiger partial charge in [-0.1, -0.05) is 31.4 Å². The summed E-state index contributed by atoms with van der Waals surface area (Å²) in [5.74, 6) is 0.378. The van der Waals surface area contributed by atoms with E-state index in [0.29, 0.717) is 48.3 Å². The molecule has 1 aliphatic carbocycles. The maximum Gasteiger partial charge on any atom is 0.303 e. The SMILES string of the molecule is O=C(O)CCCC=CC[C@@H]1[C@H](CCOC(=S)NC2CCCCC2)[C@@H]2CC[C@H]1O2. The lowest BCUT2D eigenvalue weighted by molar-refractivity contribution is -0.137. The Bertz CT molecular complexity index is 547. The Balaban J connectivity index is 1.36. The molecular formula is C22H35NO4S. The molecule has 2 saturated heterocycles. The molecule has 0 aromatic heterocycles. The second-order valence-corrected chi connectivity index (χ2v) is 8.89. The van der Waals surface area contributed by atoms with Crippen molar-refractivity contribution in [1.82, 2.24) is 5.32 Å². The highest BCUT2D eigenvalue weighted by molar-refractivity contribution is 7.80. The van der Waals surface area contributed by atoms with Crippen molar-refractivity contribution in [2.45, 2.75) is 95.3 Å². The minimum Gasteiger partial charge on any atom is -0.481 e. The molecule has 28 heavy (non-hydrogen) atoms. The van der Waals surface area contributed by atoms with Gasteiger partial charge < -0.3 is 19.9 Å². The van der Waals surface area contributed by atoms with Crippen LogP contribution in [0, 0.1) is 11.8 Å². The first-order chi connectivity index (χ1) is 13.6. The monoisotopic (exact) mass is 409 g/mol. The quantitative estimate of drug-likeness (QED) is 0.312. The largest absolute Gasteiger partial charge is 0.481 e. The van der Waals surface area contributed by atoms with Gasteiger partial charge in [0, 0.05) is 12.5 Å². The molecule has 2 N–H and O–H groups in total. The fraction of sp³-hybridized carbons (Fsp3) is 0.818.